The third-order valence-electron chi connectivity index (χ3n) is 6.84. The molecule has 1 aliphatic carbocycles. The lowest BCUT2D eigenvalue weighted by atomic mass is 10.1. The molecule has 1 saturated carbocycles. The van der Waals surface area contributed by atoms with E-state index >= 15 is 0 Å². The molecule has 2 heterocycles. The van der Waals surface area contributed by atoms with Gasteiger partial charge in [0, 0.05) is 43.4 Å². The van der Waals surface area contributed by atoms with Crippen molar-refractivity contribution in [1.29, 1.82) is 0 Å². The van der Waals surface area contributed by atoms with E-state index in [0.717, 1.165) is 43.4 Å². The van der Waals surface area contributed by atoms with Gasteiger partial charge in [-0.15, -0.1) is 0 Å². The SMILES string of the molecule is Cc1nn(-c2cccc(C(F)(F)F)c2)c(C)c1CC(=O)N1CCN(C(=O)C2CCCC2)CC1. The molecule has 0 spiro atoms. The number of benzene rings is 1. The normalized spacial score (nSPS) is 17.6. The average molecular weight is 463 g/mol. The number of aromatic nitrogens is 2. The van der Waals surface area contributed by atoms with Crippen molar-refractivity contribution in [2.24, 2.45) is 5.92 Å². The number of aryl methyl sites for hydroxylation is 1. The van der Waals surface area contributed by atoms with Crippen LogP contribution in [-0.2, 0) is 22.2 Å². The fraction of sp³-hybridized carbons (Fsp3) is 0.542. The average Bonchev–Trinajstić information content (AvgIpc) is 3.43. The number of piperazine rings is 1. The van der Waals surface area contributed by atoms with Gasteiger partial charge in [0.25, 0.3) is 0 Å². The lowest BCUT2D eigenvalue weighted by molar-refractivity contribution is -0.141. The number of hydrogen-bond donors (Lipinski definition) is 0. The Balaban J connectivity index is 1.42. The molecule has 33 heavy (non-hydrogen) atoms. The highest BCUT2D eigenvalue weighted by Crippen LogP contribution is 2.31. The number of alkyl halides is 3. The van der Waals surface area contributed by atoms with Gasteiger partial charge in [-0.05, 0) is 44.9 Å². The minimum Gasteiger partial charge on any atom is -0.339 e. The van der Waals surface area contributed by atoms with E-state index in [-0.39, 0.29) is 24.2 Å². The molecule has 1 saturated heterocycles. The first-order chi connectivity index (χ1) is 15.6. The lowest BCUT2D eigenvalue weighted by Crippen LogP contribution is -2.52. The first-order valence-electron chi connectivity index (χ1n) is 11.4. The minimum atomic E-state index is -4.44. The summed E-state index contributed by atoms with van der Waals surface area (Å²) in [6.45, 7) is 5.61. The van der Waals surface area contributed by atoms with E-state index in [9.17, 15) is 22.8 Å². The molecule has 0 bridgehead atoms. The second-order valence-corrected chi connectivity index (χ2v) is 8.97. The Hall–Kier alpha value is -2.84. The Kier molecular flexibility index (Phi) is 6.50. The van der Waals surface area contributed by atoms with Crippen LogP contribution in [0.5, 0.6) is 0 Å². The summed E-state index contributed by atoms with van der Waals surface area (Å²) in [5.74, 6) is 0.297. The molecule has 4 rings (SSSR count). The van der Waals surface area contributed by atoms with E-state index in [1.54, 1.807) is 24.8 Å². The molecule has 1 aromatic carbocycles. The summed E-state index contributed by atoms with van der Waals surface area (Å²) < 4.78 is 40.8. The van der Waals surface area contributed by atoms with Gasteiger partial charge in [-0.2, -0.15) is 18.3 Å². The molecule has 6 nitrogen and oxygen atoms in total. The van der Waals surface area contributed by atoms with Crippen molar-refractivity contribution in [2.45, 2.75) is 52.1 Å². The van der Waals surface area contributed by atoms with Crippen molar-refractivity contribution in [2.75, 3.05) is 26.2 Å². The van der Waals surface area contributed by atoms with Crippen LogP contribution in [0.3, 0.4) is 0 Å². The maximum Gasteiger partial charge on any atom is 0.416 e. The van der Waals surface area contributed by atoms with E-state index < -0.39 is 11.7 Å². The maximum atomic E-state index is 13.1. The van der Waals surface area contributed by atoms with Gasteiger partial charge in [0.2, 0.25) is 11.8 Å². The molecule has 2 aliphatic rings. The van der Waals surface area contributed by atoms with Crippen molar-refractivity contribution in [3.05, 3.63) is 46.8 Å². The zero-order chi connectivity index (χ0) is 23.8. The summed E-state index contributed by atoms with van der Waals surface area (Å²) in [4.78, 5) is 29.2. The van der Waals surface area contributed by atoms with Crippen LogP contribution in [0.2, 0.25) is 0 Å². The van der Waals surface area contributed by atoms with Crippen LogP contribution in [0, 0.1) is 19.8 Å². The topological polar surface area (TPSA) is 58.4 Å². The molecule has 2 aromatic rings. The predicted molar refractivity (Wildman–Crippen MR) is 117 cm³/mol. The fourth-order valence-electron chi connectivity index (χ4n) is 4.87. The predicted octanol–water partition coefficient (Wildman–Crippen LogP) is 3.91. The zero-order valence-corrected chi connectivity index (χ0v) is 19.0. The van der Waals surface area contributed by atoms with Crippen LogP contribution in [-0.4, -0.2) is 57.6 Å². The number of hydrogen-bond acceptors (Lipinski definition) is 3. The number of nitrogens with zero attached hydrogens (tertiary/aromatic N) is 4. The second-order valence-electron chi connectivity index (χ2n) is 8.97. The van der Waals surface area contributed by atoms with Gasteiger partial charge in [-0.3, -0.25) is 9.59 Å². The van der Waals surface area contributed by atoms with Crippen LogP contribution in [0.1, 0.15) is 48.2 Å². The number of rotatable bonds is 4. The standard InChI is InChI=1S/C24H29F3N4O2/c1-16-21(17(2)31(28-16)20-9-5-8-19(14-20)24(25,26)27)15-22(32)29-10-12-30(13-11-29)23(33)18-6-3-4-7-18/h5,8-9,14,18H,3-4,6-7,10-13,15H2,1-2H3. The summed E-state index contributed by atoms with van der Waals surface area (Å²) in [6, 6.07) is 5.01. The van der Waals surface area contributed by atoms with Gasteiger partial charge >= 0.3 is 6.18 Å². The smallest absolute Gasteiger partial charge is 0.339 e. The van der Waals surface area contributed by atoms with Crippen LogP contribution in [0.4, 0.5) is 13.2 Å². The molecule has 0 unspecified atom stereocenters. The molecule has 2 fully saturated rings. The molecular formula is C24H29F3N4O2. The molecule has 0 N–H and O–H groups in total. The Morgan fingerprint density at radius 1 is 1.03 bits per heavy atom. The van der Waals surface area contributed by atoms with Gasteiger partial charge in [-0.25, -0.2) is 4.68 Å². The van der Waals surface area contributed by atoms with Gasteiger partial charge < -0.3 is 9.80 Å². The summed E-state index contributed by atoms with van der Waals surface area (Å²) >= 11 is 0. The van der Waals surface area contributed by atoms with E-state index in [4.69, 9.17) is 0 Å². The van der Waals surface area contributed by atoms with Crippen LogP contribution in [0.15, 0.2) is 24.3 Å². The van der Waals surface area contributed by atoms with E-state index in [0.29, 0.717) is 43.3 Å². The van der Waals surface area contributed by atoms with Crippen LogP contribution in [0.25, 0.3) is 5.69 Å². The Labute approximate surface area is 191 Å². The Morgan fingerprint density at radius 2 is 1.67 bits per heavy atom. The summed E-state index contributed by atoms with van der Waals surface area (Å²) in [7, 11) is 0. The highest BCUT2D eigenvalue weighted by molar-refractivity contribution is 5.81. The second kappa shape index (κ2) is 9.19. The molecule has 2 amide bonds. The van der Waals surface area contributed by atoms with E-state index in [2.05, 4.69) is 5.10 Å². The van der Waals surface area contributed by atoms with Gasteiger partial charge in [-0.1, -0.05) is 18.9 Å². The largest absolute Gasteiger partial charge is 0.416 e. The highest BCUT2D eigenvalue weighted by Gasteiger charge is 2.32. The number of halogens is 3. The molecule has 1 aromatic heterocycles. The molecule has 0 radical (unpaired) electrons. The molecular weight excluding hydrogens is 433 g/mol. The highest BCUT2D eigenvalue weighted by atomic mass is 19.4. The van der Waals surface area contributed by atoms with E-state index in [1.807, 2.05) is 4.90 Å². The Bertz CT molecular complexity index is 1030. The molecule has 0 atom stereocenters. The molecule has 9 heteroatoms. The van der Waals surface area contributed by atoms with Crippen molar-refractivity contribution < 1.29 is 22.8 Å². The quantitative estimate of drug-likeness (QED) is 0.692. The lowest BCUT2D eigenvalue weighted by Gasteiger charge is -2.36. The van der Waals surface area contributed by atoms with Gasteiger partial charge in [0.15, 0.2) is 0 Å². The number of amides is 2. The minimum absolute atomic E-state index is 0.0576. The number of carbonyl (C=O) groups is 2. The summed E-state index contributed by atoms with van der Waals surface area (Å²) in [5.41, 5.74) is 1.56. The molecule has 1 aliphatic heterocycles. The summed E-state index contributed by atoms with van der Waals surface area (Å²) in [5, 5.41) is 4.41. The third-order valence-corrected chi connectivity index (χ3v) is 6.84. The maximum absolute atomic E-state index is 13.1. The number of carbonyl (C=O) groups excluding carboxylic acids is 2. The van der Waals surface area contributed by atoms with Crippen molar-refractivity contribution in [3.8, 4) is 5.69 Å². The van der Waals surface area contributed by atoms with Crippen molar-refractivity contribution >= 4 is 11.8 Å². The Morgan fingerprint density at radius 3 is 2.30 bits per heavy atom. The van der Waals surface area contributed by atoms with E-state index in [1.165, 1.54) is 10.7 Å². The van der Waals surface area contributed by atoms with Gasteiger partial charge in [0.05, 0.1) is 23.4 Å². The van der Waals surface area contributed by atoms with Gasteiger partial charge in [0.1, 0.15) is 0 Å². The monoisotopic (exact) mass is 462 g/mol. The first kappa shape index (κ1) is 23.3. The van der Waals surface area contributed by atoms with Crippen LogP contribution < -0.4 is 0 Å². The summed E-state index contributed by atoms with van der Waals surface area (Å²) in [6.07, 6.45) is -0.151. The first-order valence-corrected chi connectivity index (χ1v) is 11.4. The van der Waals surface area contributed by atoms with Crippen molar-refractivity contribution in [3.63, 3.8) is 0 Å². The van der Waals surface area contributed by atoms with Crippen molar-refractivity contribution in [1.82, 2.24) is 19.6 Å². The zero-order valence-electron chi connectivity index (χ0n) is 19.0. The fourth-order valence-corrected chi connectivity index (χ4v) is 4.87. The molecule has 178 valence electrons. The van der Waals surface area contributed by atoms with Crippen LogP contribution >= 0.6 is 0 Å². The third kappa shape index (κ3) is 4.91.